The summed E-state index contributed by atoms with van der Waals surface area (Å²) < 4.78 is 7.61. The molecule has 2 rings (SSSR count). The van der Waals surface area contributed by atoms with Crippen LogP contribution in [0.4, 0.5) is 0 Å². The fourth-order valence-corrected chi connectivity index (χ4v) is 2.77. The molecule has 0 aliphatic rings. The predicted octanol–water partition coefficient (Wildman–Crippen LogP) is 5.20. The van der Waals surface area contributed by atoms with E-state index < -0.39 is 0 Å². The van der Waals surface area contributed by atoms with Gasteiger partial charge in [0, 0.05) is 1.37 Å². The SMILES string of the molecule is [2H]Cc1c(C)cc(-c2c(C)cc(C)cc2C)cc1C. The van der Waals surface area contributed by atoms with Gasteiger partial charge in [0.1, 0.15) is 0 Å². The van der Waals surface area contributed by atoms with Crippen LogP contribution in [0.15, 0.2) is 24.3 Å². The highest BCUT2D eigenvalue weighted by Gasteiger charge is 2.09. The standard InChI is InChI=1S/C18H22/c1-11-7-14(4)18(15(5)8-11)17-9-12(2)16(6)13(3)10-17/h7-10H,1-6H3/i6D. The van der Waals surface area contributed by atoms with Gasteiger partial charge in [-0.2, -0.15) is 0 Å². The number of rotatable bonds is 1. The van der Waals surface area contributed by atoms with Gasteiger partial charge in [-0.05, 0) is 80.5 Å². The van der Waals surface area contributed by atoms with Crippen molar-refractivity contribution in [2.75, 3.05) is 0 Å². The summed E-state index contributed by atoms with van der Waals surface area (Å²) in [6.45, 7) is 11.1. The maximum Gasteiger partial charge on any atom is 0.0280 e. The second kappa shape index (κ2) is 4.61. The van der Waals surface area contributed by atoms with E-state index in [0.29, 0.717) is 6.90 Å². The van der Waals surface area contributed by atoms with E-state index in [-0.39, 0.29) is 0 Å². The van der Waals surface area contributed by atoms with E-state index in [1.54, 1.807) is 0 Å². The van der Waals surface area contributed by atoms with Crippen molar-refractivity contribution in [2.45, 2.75) is 41.5 Å². The maximum atomic E-state index is 7.61. The van der Waals surface area contributed by atoms with E-state index in [9.17, 15) is 0 Å². The maximum absolute atomic E-state index is 7.61. The van der Waals surface area contributed by atoms with Crippen LogP contribution in [0.2, 0.25) is 0 Å². The van der Waals surface area contributed by atoms with Crippen LogP contribution >= 0.6 is 0 Å². The molecular weight excluding hydrogens is 216 g/mol. The molecule has 0 heteroatoms. The summed E-state index contributed by atoms with van der Waals surface area (Å²) in [5.74, 6) is 0. The molecule has 0 aromatic heterocycles. The minimum Gasteiger partial charge on any atom is -0.0557 e. The zero-order chi connectivity index (χ0) is 14.2. The number of aryl methyl sites for hydroxylation is 5. The molecule has 18 heavy (non-hydrogen) atoms. The number of hydrogen-bond acceptors (Lipinski definition) is 0. The fourth-order valence-electron chi connectivity index (χ4n) is 2.77. The van der Waals surface area contributed by atoms with Crippen molar-refractivity contribution in [2.24, 2.45) is 0 Å². The third kappa shape index (κ3) is 2.20. The Labute approximate surface area is 112 Å². The Morgan fingerprint density at radius 1 is 0.722 bits per heavy atom. The molecule has 0 bridgehead atoms. The average molecular weight is 239 g/mol. The first-order valence-corrected chi connectivity index (χ1v) is 6.41. The lowest BCUT2D eigenvalue weighted by molar-refractivity contribution is 1.25. The van der Waals surface area contributed by atoms with Crippen LogP contribution in [-0.2, 0) is 0 Å². The molecule has 0 aliphatic carbocycles. The molecule has 0 amide bonds. The molecule has 0 heterocycles. The quantitative estimate of drug-likeness (QED) is 0.641. The Kier molecular flexibility index (Phi) is 2.95. The summed E-state index contributed by atoms with van der Waals surface area (Å²) in [5, 5.41) is 0. The minimum absolute atomic E-state index is 0.365. The van der Waals surface area contributed by atoms with Crippen LogP contribution in [0, 0.1) is 41.5 Å². The molecule has 0 saturated heterocycles. The molecule has 0 spiro atoms. The number of benzene rings is 2. The highest BCUT2D eigenvalue weighted by atomic mass is 14.1. The van der Waals surface area contributed by atoms with Crippen LogP contribution in [0.25, 0.3) is 11.1 Å². The lowest BCUT2D eigenvalue weighted by Crippen LogP contribution is -1.93. The van der Waals surface area contributed by atoms with E-state index >= 15 is 0 Å². The summed E-state index contributed by atoms with van der Waals surface area (Å²) in [6.07, 6.45) is 0. The summed E-state index contributed by atoms with van der Waals surface area (Å²) >= 11 is 0. The molecule has 0 saturated carbocycles. The Morgan fingerprint density at radius 3 is 1.67 bits per heavy atom. The first-order chi connectivity index (χ1) is 8.93. The lowest BCUT2D eigenvalue weighted by atomic mass is 9.90. The van der Waals surface area contributed by atoms with Crippen molar-refractivity contribution in [1.82, 2.24) is 0 Å². The topological polar surface area (TPSA) is 0 Å². The molecule has 0 fully saturated rings. The molecule has 2 aromatic rings. The minimum atomic E-state index is 0.365. The highest BCUT2D eigenvalue weighted by Crippen LogP contribution is 2.31. The normalized spacial score (nSPS) is 11.5. The highest BCUT2D eigenvalue weighted by molar-refractivity contribution is 5.73. The lowest BCUT2D eigenvalue weighted by Gasteiger charge is -2.15. The Hall–Kier alpha value is -1.56. The second-order valence-electron chi connectivity index (χ2n) is 5.36. The Bertz CT molecular complexity index is 578. The van der Waals surface area contributed by atoms with Gasteiger partial charge in [0.15, 0.2) is 0 Å². The van der Waals surface area contributed by atoms with Gasteiger partial charge in [-0.3, -0.25) is 0 Å². The predicted molar refractivity (Wildman–Crippen MR) is 80.3 cm³/mol. The van der Waals surface area contributed by atoms with Crippen molar-refractivity contribution in [1.29, 1.82) is 0 Å². The molecule has 0 aliphatic heterocycles. The van der Waals surface area contributed by atoms with Gasteiger partial charge in [-0.25, -0.2) is 0 Å². The van der Waals surface area contributed by atoms with Gasteiger partial charge in [0.2, 0.25) is 0 Å². The van der Waals surface area contributed by atoms with E-state index in [2.05, 4.69) is 58.9 Å². The second-order valence-corrected chi connectivity index (χ2v) is 5.36. The third-order valence-electron chi connectivity index (χ3n) is 3.66. The summed E-state index contributed by atoms with van der Waals surface area (Å²) in [5.41, 5.74) is 10.2. The summed E-state index contributed by atoms with van der Waals surface area (Å²) in [6, 6.07) is 8.93. The molecule has 0 N–H and O–H groups in total. The van der Waals surface area contributed by atoms with Crippen molar-refractivity contribution in [3.63, 3.8) is 0 Å². The summed E-state index contributed by atoms with van der Waals surface area (Å²) in [7, 11) is 0. The van der Waals surface area contributed by atoms with Crippen molar-refractivity contribution < 1.29 is 1.37 Å². The van der Waals surface area contributed by atoms with E-state index in [1.165, 1.54) is 38.9 Å². The fraction of sp³-hybridized carbons (Fsp3) is 0.333. The first-order valence-electron chi connectivity index (χ1n) is 7.12. The van der Waals surface area contributed by atoms with Crippen molar-refractivity contribution in [3.05, 3.63) is 57.6 Å². The Morgan fingerprint density at radius 2 is 1.22 bits per heavy atom. The molecule has 0 atom stereocenters. The average Bonchev–Trinajstić information content (AvgIpc) is 2.26. The van der Waals surface area contributed by atoms with E-state index in [1.807, 2.05) is 0 Å². The first kappa shape index (κ1) is 11.5. The van der Waals surface area contributed by atoms with Gasteiger partial charge in [0.05, 0.1) is 0 Å². The van der Waals surface area contributed by atoms with Crippen molar-refractivity contribution >= 4 is 0 Å². The largest absolute Gasteiger partial charge is 0.0557 e. The third-order valence-corrected chi connectivity index (χ3v) is 3.66. The van der Waals surface area contributed by atoms with Crippen LogP contribution in [0.1, 0.15) is 34.8 Å². The van der Waals surface area contributed by atoms with Gasteiger partial charge >= 0.3 is 0 Å². The molecule has 0 unspecified atom stereocenters. The Balaban J connectivity index is 2.67. The monoisotopic (exact) mass is 239 g/mol. The van der Waals surface area contributed by atoms with Gasteiger partial charge < -0.3 is 0 Å². The van der Waals surface area contributed by atoms with Gasteiger partial charge in [-0.15, -0.1) is 0 Å². The van der Waals surface area contributed by atoms with Crippen molar-refractivity contribution in [3.8, 4) is 11.1 Å². The van der Waals surface area contributed by atoms with E-state index in [0.717, 1.165) is 5.56 Å². The van der Waals surface area contributed by atoms with Crippen LogP contribution in [-0.4, -0.2) is 0 Å². The number of hydrogen-bond donors (Lipinski definition) is 0. The van der Waals surface area contributed by atoms with Crippen LogP contribution in [0.5, 0.6) is 0 Å². The molecule has 94 valence electrons. The zero-order valence-corrected chi connectivity index (χ0v) is 12.0. The van der Waals surface area contributed by atoms with E-state index in [4.69, 9.17) is 1.37 Å². The van der Waals surface area contributed by atoms with Crippen LogP contribution in [0.3, 0.4) is 0 Å². The zero-order valence-electron chi connectivity index (χ0n) is 13.0. The smallest absolute Gasteiger partial charge is 0.0280 e. The van der Waals surface area contributed by atoms with Gasteiger partial charge in [-0.1, -0.05) is 29.8 Å². The van der Waals surface area contributed by atoms with Crippen LogP contribution < -0.4 is 0 Å². The molecular formula is C18H22. The molecule has 0 radical (unpaired) electrons. The summed E-state index contributed by atoms with van der Waals surface area (Å²) in [4.78, 5) is 0. The molecule has 0 nitrogen and oxygen atoms in total. The van der Waals surface area contributed by atoms with Gasteiger partial charge in [0.25, 0.3) is 0 Å². The molecule has 2 aromatic carbocycles.